The number of nitrogens with one attached hydrogen (secondary N) is 1. The monoisotopic (exact) mass is 457 g/mol. The molecule has 8 nitrogen and oxygen atoms in total. The lowest BCUT2D eigenvalue weighted by Crippen LogP contribution is -2.48. The van der Waals surface area contributed by atoms with E-state index in [1.54, 1.807) is 6.92 Å². The van der Waals surface area contributed by atoms with Crippen LogP contribution in [0, 0.1) is 12.3 Å². The minimum atomic E-state index is -4.44. The molecule has 31 heavy (non-hydrogen) atoms. The molecule has 1 N–H and O–H groups in total. The zero-order valence-corrected chi connectivity index (χ0v) is 18.1. The molecule has 3 heterocycles. The first-order chi connectivity index (χ1) is 14.4. The predicted octanol–water partition coefficient (Wildman–Crippen LogP) is 2.78. The minimum absolute atomic E-state index is 0.0295. The van der Waals surface area contributed by atoms with E-state index in [1.807, 2.05) is 13.8 Å². The summed E-state index contributed by atoms with van der Waals surface area (Å²) in [6.07, 6.45) is -3.18. The molecule has 0 atom stereocenters. The number of nitrogens with zero attached hydrogens (tertiary/aromatic N) is 4. The summed E-state index contributed by atoms with van der Waals surface area (Å²) < 4.78 is 42.2. The molecule has 3 aromatic rings. The maximum Gasteiger partial charge on any atom is 0.390 e. The number of fused-ring (bicyclic) bond motifs is 1. The second-order valence-electron chi connectivity index (χ2n) is 8.78. The fourth-order valence-electron chi connectivity index (χ4n) is 4.25. The molecule has 0 aliphatic heterocycles. The standard InChI is InChI=1S/C19H22F3N5O3S/c1-10-12(8-26-16(29)23-9-24-26)31-15-13(10)14(28)27(11-6-18(2,3)7-11)17(30)25(15)5-4-19(20,21)22/h9,11H,4-8H2,1-3H3,(H,23,24,29). The van der Waals surface area contributed by atoms with E-state index in [9.17, 15) is 27.6 Å². The van der Waals surface area contributed by atoms with Crippen molar-refractivity contribution in [1.29, 1.82) is 0 Å². The Labute approximate surface area is 177 Å². The van der Waals surface area contributed by atoms with Gasteiger partial charge in [0.25, 0.3) is 5.56 Å². The van der Waals surface area contributed by atoms with Gasteiger partial charge in [-0.15, -0.1) is 11.3 Å². The molecular formula is C19H22F3N5O3S. The lowest BCUT2D eigenvalue weighted by Gasteiger charge is -2.43. The van der Waals surface area contributed by atoms with Gasteiger partial charge >= 0.3 is 17.6 Å². The summed E-state index contributed by atoms with van der Waals surface area (Å²) in [4.78, 5) is 41.5. The molecule has 0 spiro atoms. The molecule has 1 aliphatic rings. The van der Waals surface area contributed by atoms with Crippen LogP contribution < -0.4 is 16.9 Å². The van der Waals surface area contributed by atoms with Crippen LogP contribution in [0.15, 0.2) is 20.7 Å². The van der Waals surface area contributed by atoms with Crippen molar-refractivity contribution >= 4 is 21.6 Å². The molecule has 0 radical (unpaired) electrons. The molecule has 0 unspecified atom stereocenters. The Morgan fingerprint density at radius 3 is 2.48 bits per heavy atom. The first-order valence-electron chi connectivity index (χ1n) is 9.82. The number of thiophene rings is 1. The largest absolute Gasteiger partial charge is 0.390 e. The summed E-state index contributed by atoms with van der Waals surface area (Å²) in [7, 11) is 0. The number of halogens is 3. The highest BCUT2D eigenvalue weighted by molar-refractivity contribution is 7.18. The van der Waals surface area contributed by atoms with Crippen molar-refractivity contribution in [3.05, 3.63) is 48.1 Å². The van der Waals surface area contributed by atoms with E-state index in [4.69, 9.17) is 0 Å². The highest BCUT2D eigenvalue weighted by Crippen LogP contribution is 2.46. The van der Waals surface area contributed by atoms with E-state index < -0.39 is 36.1 Å². The molecule has 1 fully saturated rings. The summed E-state index contributed by atoms with van der Waals surface area (Å²) in [5, 5.41) is 4.12. The highest BCUT2D eigenvalue weighted by atomic mass is 32.1. The maximum absolute atomic E-state index is 13.3. The van der Waals surface area contributed by atoms with E-state index in [0.29, 0.717) is 23.3 Å². The Morgan fingerprint density at radius 2 is 1.94 bits per heavy atom. The van der Waals surface area contributed by atoms with E-state index in [0.717, 1.165) is 25.2 Å². The normalized spacial score (nSPS) is 16.7. The van der Waals surface area contributed by atoms with Crippen molar-refractivity contribution in [3.8, 4) is 0 Å². The van der Waals surface area contributed by atoms with Gasteiger partial charge in [-0.1, -0.05) is 13.8 Å². The van der Waals surface area contributed by atoms with Gasteiger partial charge < -0.3 is 0 Å². The van der Waals surface area contributed by atoms with Crippen LogP contribution in [0.4, 0.5) is 13.2 Å². The lowest BCUT2D eigenvalue weighted by molar-refractivity contribution is -0.136. The first-order valence-corrected chi connectivity index (χ1v) is 10.6. The van der Waals surface area contributed by atoms with Crippen LogP contribution in [0.1, 0.15) is 49.6 Å². The fraction of sp³-hybridized carbons (Fsp3) is 0.579. The van der Waals surface area contributed by atoms with Gasteiger partial charge in [0.2, 0.25) is 0 Å². The summed E-state index contributed by atoms with van der Waals surface area (Å²) in [6.45, 7) is 5.20. The number of aryl methyl sites for hydroxylation is 2. The van der Waals surface area contributed by atoms with E-state index in [2.05, 4.69) is 10.1 Å². The van der Waals surface area contributed by atoms with Crippen LogP contribution in [-0.4, -0.2) is 30.1 Å². The van der Waals surface area contributed by atoms with Crippen molar-refractivity contribution in [3.63, 3.8) is 0 Å². The van der Waals surface area contributed by atoms with Crippen LogP contribution in [-0.2, 0) is 13.1 Å². The van der Waals surface area contributed by atoms with Crippen molar-refractivity contribution in [2.24, 2.45) is 5.41 Å². The molecule has 0 bridgehead atoms. The Kier molecular flexibility index (Phi) is 5.02. The smallest absolute Gasteiger partial charge is 0.295 e. The summed E-state index contributed by atoms with van der Waals surface area (Å²) in [5.41, 5.74) is -1.13. The number of hydrogen-bond donors (Lipinski definition) is 1. The Hall–Kier alpha value is -2.63. The van der Waals surface area contributed by atoms with Gasteiger partial charge in [-0.2, -0.15) is 18.3 Å². The van der Waals surface area contributed by atoms with Gasteiger partial charge in [0.15, 0.2) is 0 Å². The average molecular weight is 457 g/mol. The van der Waals surface area contributed by atoms with Gasteiger partial charge in [-0.25, -0.2) is 14.3 Å². The molecule has 3 aromatic heterocycles. The predicted molar refractivity (Wildman–Crippen MR) is 110 cm³/mol. The topological polar surface area (TPSA) is 94.7 Å². The quantitative estimate of drug-likeness (QED) is 0.638. The zero-order valence-electron chi connectivity index (χ0n) is 17.2. The SMILES string of the molecule is Cc1c(Cn2nc[nH]c2=O)sc2c1c(=O)n(C1CC(C)(C)C1)c(=O)n2CCC(F)(F)F. The van der Waals surface area contributed by atoms with Crippen molar-refractivity contribution < 1.29 is 13.2 Å². The third kappa shape index (κ3) is 3.88. The number of hydrogen-bond acceptors (Lipinski definition) is 5. The highest BCUT2D eigenvalue weighted by Gasteiger charge is 2.39. The number of alkyl halides is 3. The van der Waals surface area contributed by atoms with Crippen LogP contribution in [0.2, 0.25) is 0 Å². The third-order valence-corrected chi connectivity index (χ3v) is 7.11. The molecule has 1 aliphatic carbocycles. The second-order valence-corrected chi connectivity index (χ2v) is 9.87. The molecule has 168 valence electrons. The van der Waals surface area contributed by atoms with Gasteiger partial charge in [0.1, 0.15) is 11.2 Å². The van der Waals surface area contributed by atoms with Crippen molar-refractivity contribution in [2.45, 2.75) is 65.3 Å². The third-order valence-electron chi connectivity index (χ3n) is 5.82. The number of aromatic nitrogens is 5. The molecule has 12 heteroatoms. The van der Waals surface area contributed by atoms with Crippen LogP contribution in [0.3, 0.4) is 0 Å². The Bertz CT molecular complexity index is 1320. The first kappa shape index (κ1) is 21.6. The fourth-order valence-corrected chi connectivity index (χ4v) is 5.54. The number of H-pyrrole nitrogens is 1. The average Bonchev–Trinajstić information content (AvgIpc) is 3.16. The van der Waals surface area contributed by atoms with Crippen molar-refractivity contribution in [2.75, 3.05) is 0 Å². The van der Waals surface area contributed by atoms with Gasteiger partial charge in [-0.3, -0.25) is 18.9 Å². The summed E-state index contributed by atoms with van der Waals surface area (Å²) in [5.74, 6) is 0. The Morgan fingerprint density at radius 1 is 1.26 bits per heavy atom. The molecule has 1 saturated carbocycles. The number of rotatable bonds is 5. The van der Waals surface area contributed by atoms with Crippen LogP contribution in [0.25, 0.3) is 10.2 Å². The molecular weight excluding hydrogens is 435 g/mol. The lowest BCUT2D eigenvalue weighted by atomic mass is 9.68. The molecule has 4 rings (SSSR count). The zero-order chi connectivity index (χ0) is 22.7. The van der Waals surface area contributed by atoms with Crippen LogP contribution in [0.5, 0.6) is 0 Å². The molecule has 0 aromatic carbocycles. The van der Waals surface area contributed by atoms with Crippen LogP contribution >= 0.6 is 11.3 Å². The van der Waals surface area contributed by atoms with Gasteiger partial charge in [0, 0.05) is 17.5 Å². The van der Waals surface area contributed by atoms with Gasteiger partial charge in [0.05, 0.1) is 18.4 Å². The summed E-state index contributed by atoms with van der Waals surface area (Å²) in [6, 6.07) is -0.340. The molecule has 0 amide bonds. The second kappa shape index (κ2) is 7.21. The van der Waals surface area contributed by atoms with Crippen molar-refractivity contribution in [1.82, 2.24) is 23.9 Å². The van der Waals surface area contributed by atoms with E-state index in [1.165, 1.54) is 6.33 Å². The Balaban J connectivity index is 1.90. The molecule has 0 saturated heterocycles. The summed E-state index contributed by atoms with van der Waals surface area (Å²) >= 11 is 1.05. The number of aromatic amines is 1. The maximum atomic E-state index is 13.3. The van der Waals surface area contributed by atoms with E-state index in [-0.39, 0.29) is 28.2 Å². The minimum Gasteiger partial charge on any atom is -0.295 e. The van der Waals surface area contributed by atoms with Gasteiger partial charge in [-0.05, 0) is 30.7 Å². The van der Waals surface area contributed by atoms with E-state index >= 15 is 0 Å².